The van der Waals surface area contributed by atoms with Gasteiger partial charge in [-0.05, 0) is 12.3 Å². The molecule has 0 atom stereocenters. The Hall–Kier alpha value is -0.423. The van der Waals surface area contributed by atoms with Crippen LogP contribution >= 0.6 is 0 Å². The van der Waals surface area contributed by atoms with Crippen molar-refractivity contribution in [3.05, 3.63) is 24.3 Å². The van der Waals surface area contributed by atoms with E-state index in [1.807, 2.05) is 0 Å². The van der Waals surface area contributed by atoms with E-state index in [1.165, 1.54) is 0 Å². The molecule has 0 saturated carbocycles. The van der Waals surface area contributed by atoms with Gasteiger partial charge in [-0.25, -0.2) is 0 Å². The average molecular weight is 214 g/mol. The summed E-state index contributed by atoms with van der Waals surface area (Å²) in [4.78, 5) is 0. The molecule has 0 fully saturated rings. The highest BCUT2D eigenvalue weighted by Crippen LogP contribution is 2.22. The van der Waals surface area contributed by atoms with Crippen molar-refractivity contribution in [3.8, 4) is 0 Å². The van der Waals surface area contributed by atoms with E-state index in [2.05, 4.69) is 24.3 Å². The van der Waals surface area contributed by atoms with Crippen LogP contribution in [0.4, 0.5) is 0 Å². The molecule has 0 spiro atoms. The Kier molecular flexibility index (Phi) is 4.54. The van der Waals surface area contributed by atoms with Crippen LogP contribution in [-0.4, -0.2) is 30.1 Å². The molecule has 0 aliphatic heterocycles. The molecule has 0 radical (unpaired) electrons. The van der Waals surface area contributed by atoms with E-state index in [0.717, 1.165) is 12.5 Å². The van der Waals surface area contributed by atoms with E-state index in [-0.39, 0.29) is 0 Å². The first-order valence-corrected chi connectivity index (χ1v) is 6.70. The quantitative estimate of drug-likeness (QED) is 0.633. The van der Waals surface area contributed by atoms with Crippen LogP contribution in [0.3, 0.4) is 0 Å². The maximum Gasteiger partial charge on any atom is 0.500 e. The highest BCUT2D eigenvalue weighted by Gasteiger charge is 2.37. The van der Waals surface area contributed by atoms with Gasteiger partial charge < -0.3 is 13.3 Å². The van der Waals surface area contributed by atoms with E-state index >= 15 is 0 Å². The molecule has 3 nitrogen and oxygen atoms in total. The zero-order chi connectivity index (χ0) is 10.4. The molecule has 0 aromatic heterocycles. The van der Waals surface area contributed by atoms with Crippen LogP contribution in [0.25, 0.3) is 0 Å². The van der Waals surface area contributed by atoms with Crippen molar-refractivity contribution < 1.29 is 13.3 Å². The van der Waals surface area contributed by atoms with E-state index in [9.17, 15) is 0 Å². The summed E-state index contributed by atoms with van der Waals surface area (Å²) < 4.78 is 16.0. The number of allylic oxidation sites excluding steroid dienone is 4. The molecular formula is C10H18O3Si. The molecule has 0 aromatic rings. The van der Waals surface area contributed by atoms with E-state index < -0.39 is 8.80 Å². The van der Waals surface area contributed by atoms with Crippen LogP contribution in [0.1, 0.15) is 6.42 Å². The van der Waals surface area contributed by atoms with Gasteiger partial charge in [-0.15, -0.1) is 0 Å². The zero-order valence-electron chi connectivity index (χ0n) is 9.03. The van der Waals surface area contributed by atoms with Gasteiger partial charge in [-0.2, -0.15) is 0 Å². The second-order valence-electron chi connectivity index (χ2n) is 3.27. The molecule has 80 valence electrons. The molecule has 0 heterocycles. The maximum atomic E-state index is 5.34. The smallest absolute Gasteiger partial charge is 0.377 e. The number of hydrogen-bond donors (Lipinski definition) is 0. The highest BCUT2D eigenvalue weighted by atomic mass is 28.4. The third-order valence-electron chi connectivity index (χ3n) is 2.54. The first kappa shape index (κ1) is 11.7. The van der Waals surface area contributed by atoms with E-state index in [1.54, 1.807) is 21.3 Å². The van der Waals surface area contributed by atoms with Crippen molar-refractivity contribution in [1.82, 2.24) is 0 Å². The molecule has 0 amide bonds. The first-order valence-electron chi connectivity index (χ1n) is 4.77. The van der Waals surface area contributed by atoms with Crippen LogP contribution in [0.15, 0.2) is 24.3 Å². The Morgan fingerprint density at radius 1 is 1.00 bits per heavy atom. The Morgan fingerprint density at radius 3 is 1.93 bits per heavy atom. The molecule has 0 unspecified atom stereocenters. The van der Waals surface area contributed by atoms with Crippen molar-refractivity contribution in [3.63, 3.8) is 0 Å². The van der Waals surface area contributed by atoms with Crippen LogP contribution in [-0.2, 0) is 13.3 Å². The minimum absolute atomic E-state index is 0.516. The van der Waals surface area contributed by atoms with Crippen molar-refractivity contribution >= 4 is 8.80 Å². The zero-order valence-corrected chi connectivity index (χ0v) is 10.0. The predicted octanol–water partition coefficient (Wildman–Crippen LogP) is 2.00. The summed E-state index contributed by atoms with van der Waals surface area (Å²) in [5, 5.41) is 0. The van der Waals surface area contributed by atoms with Crippen molar-refractivity contribution in [2.75, 3.05) is 21.3 Å². The molecule has 0 aromatic carbocycles. The second kappa shape index (κ2) is 5.46. The number of rotatable bonds is 6. The second-order valence-corrected chi connectivity index (χ2v) is 6.36. The standard InChI is InChI=1S/C10H18O3Si/c1-11-14(12-2,13-3)9-8-10-6-4-5-7-10/h4-7,10H,8-9H2,1-3H3. The Balaban J connectivity index is 2.39. The lowest BCUT2D eigenvalue weighted by Crippen LogP contribution is -2.42. The molecule has 1 aliphatic carbocycles. The fourth-order valence-corrected chi connectivity index (χ4v) is 3.37. The summed E-state index contributed by atoms with van der Waals surface area (Å²) in [6.45, 7) is 0. The summed E-state index contributed by atoms with van der Waals surface area (Å²) in [5.41, 5.74) is 0. The van der Waals surface area contributed by atoms with Crippen LogP contribution in [0, 0.1) is 5.92 Å². The lowest BCUT2D eigenvalue weighted by atomic mass is 10.1. The van der Waals surface area contributed by atoms with Gasteiger partial charge in [0.2, 0.25) is 0 Å². The monoisotopic (exact) mass is 214 g/mol. The minimum atomic E-state index is -2.35. The molecule has 4 heteroatoms. The van der Waals surface area contributed by atoms with Gasteiger partial charge in [-0.3, -0.25) is 0 Å². The molecule has 0 bridgehead atoms. The third-order valence-corrected chi connectivity index (χ3v) is 5.31. The molecule has 1 aliphatic rings. The maximum absolute atomic E-state index is 5.34. The van der Waals surface area contributed by atoms with Gasteiger partial charge in [0, 0.05) is 27.4 Å². The molecule has 0 N–H and O–H groups in total. The fourth-order valence-electron chi connectivity index (χ4n) is 1.57. The van der Waals surface area contributed by atoms with Crippen molar-refractivity contribution in [2.45, 2.75) is 12.5 Å². The van der Waals surface area contributed by atoms with Crippen LogP contribution < -0.4 is 0 Å². The van der Waals surface area contributed by atoms with Crippen LogP contribution in [0.2, 0.25) is 6.04 Å². The lowest BCUT2D eigenvalue weighted by Gasteiger charge is -2.24. The van der Waals surface area contributed by atoms with Gasteiger partial charge in [-0.1, -0.05) is 24.3 Å². The summed E-state index contributed by atoms with van der Waals surface area (Å²) in [6.07, 6.45) is 9.52. The predicted molar refractivity (Wildman–Crippen MR) is 58.0 cm³/mol. The van der Waals surface area contributed by atoms with Crippen molar-refractivity contribution in [1.29, 1.82) is 0 Å². The van der Waals surface area contributed by atoms with E-state index in [4.69, 9.17) is 13.3 Å². The van der Waals surface area contributed by atoms with Gasteiger partial charge in [0.15, 0.2) is 0 Å². The van der Waals surface area contributed by atoms with Gasteiger partial charge in [0.1, 0.15) is 0 Å². The van der Waals surface area contributed by atoms with Gasteiger partial charge >= 0.3 is 8.80 Å². The lowest BCUT2D eigenvalue weighted by molar-refractivity contribution is 0.122. The largest absolute Gasteiger partial charge is 0.500 e. The van der Waals surface area contributed by atoms with Crippen molar-refractivity contribution in [2.24, 2.45) is 5.92 Å². The first-order chi connectivity index (χ1) is 6.76. The Labute approximate surface area is 86.7 Å². The van der Waals surface area contributed by atoms with Crippen LogP contribution in [0.5, 0.6) is 0 Å². The highest BCUT2D eigenvalue weighted by molar-refractivity contribution is 6.60. The van der Waals surface area contributed by atoms with Gasteiger partial charge in [0.05, 0.1) is 0 Å². The molecule has 14 heavy (non-hydrogen) atoms. The summed E-state index contributed by atoms with van der Waals surface area (Å²) in [7, 11) is 2.60. The summed E-state index contributed by atoms with van der Waals surface area (Å²) in [5.74, 6) is 0.516. The SMILES string of the molecule is CO[Si](CCC1C=CC=C1)(OC)OC. The third kappa shape index (κ3) is 2.78. The normalized spacial score (nSPS) is 16.8. The minimum Gasteiger partial charge on any atom is -0.377 e. The summed E-state index contributed by atoms with van der Waals surface area (Å²) >= 11 is 0. The fraction of sp³-hybridized carbons (Fsp3) is 0.600. The Bertz CT molecular complexity index is 201. The van der Waals surface area contributed by atoms with E-state index in [0.29, 0.717) is 5.92 Å². The summed E-state index contributed by atoms with van der Waals surface area (Å²) in [6, 6.07) is 0.857. The molecule has 0 saturated heterocycles. The average Bonchev–Trinajstić information content (AvgIpc) is 2.74. The number of hydrogen-bond acceptors (Lipinski definition) is 3. The van der Waals surface area contributed by atoms with Gasteiger partial charge in [0.25, 0.3) is 0 Å². The molecule has 1 rings (SSSR count). The molecular weight excluding hydrogens is 196 g/mol. The topological polar surface area (TPSA) is 27.7 Å². The Morgan fingerprint density at radius 2 is 1.50 bits per heavy atom.